The average Bonchev–Trinajstić information content (AvgIpc) is 3.19. The number of aromatic nitrogens is 3. The van der Waals surface area contributed by atoms with Gasteiger partial charge in [-0.25, -0.2) is 4.98 Å². The first-order valence-corrected chi connectivity index (χ1v) is 8.98. The summed E-state index contributed by atoms with van der Waals surface area (Å²) in [7, 11) is 1.69. The first-order chi connectivity index (χ1) is 13.1. The molecule has 0 amide bonds. The van der Waals surface area contributed by atoms with Crippen LogP contribution in [0.4, 0.5) is 8.78 Å². The van der Waals surface area contributed by atoms with Gasteiger partial charge in [0.05, 0.1) is 0 Å². The summed E-state index contributed by atoms with van der Waals surface area (Å²) in [6.07, 6.45) is 3.37. The van der Waals surface area contributed by atoms with Crippen LogP contribution in [-0.4, -0.2) is 52.8 Å². The molecule has 10 heteroatoms. The number of likely N-dealkylation sites (tertiary alicyclic amines) is 1. The standard InChI is InChI=1S/C17H21ClF2N6O/c1-21-17(26-6-4-11(5-7-26)15-23-10-24-25-15)22-9-12-8-13(18)2-3-14(12)27-16(19)20/h2-3,8,10-11,16H,4-7,9H2,1H3,(H,21,22)(H,23,24,25). The van der Waals surface area contributed by atoms with Crippen LogP contribution in [0, 0.1) is 0 Å². The Morgan fingerprint density at radius 1 is 1.44 bits per heavy atom. The lowest BCUT2D eigenvalue weighted by atomic mass is 9.96. The number of hydrogen-bond donors (Lipinski definition) is 2. The highest BCUT2D eigenvalue weighted by Gasteiger charge is 2.24. The summed E-state index contributed by atoms with van der Waals surface area (Å²) in [5.74, 6) is 2.06. The first-order valence-electron chi connectivity index (χ1n) is 8.61. The Morgan fingerprint density at radius 2 is 2.22 bits per heavy atom. The van der Waals surface area contributed by atoms with Crippen molar-refractivity contribution in [2.45, 2.75) is 31.9 Å². The predicted octanol–water partition coefficient (Wildman–Crippen LogP) is 3.01. The van der Waals surface area contributed by atoms with Gasteiger partial charge in [0.15, 0.2) is 5.96 Å². The molecule has 2 heterocycles. The topological polar surface area (TPSA) is 78.4 Å². The summed E-state index contributed by atoms with van der Waals surface area (Å²) in [5.41, 5.74) is 0.542. The number of nitrogens with zero attached hydrogens (tertiary/aromatic N) is 4. The zero-order valence-electron chi connectivity index (χ0n) is 14.8. The van der Waals surface area contributed by atoms with Crippen LogP contribution in [0.1, 0.15) is 30.1 Å². The van der Waals surface area contributed by atoms with E-state index in [2.05, 4.69) is 35.1 Å². The Balaban J connectivity index is 1.59. The smallest absolute Gasteiger partial charge is 0.387 e. The van der Waals surface area contributed by atoms with Crippen LogP contribution in [0.3, 0.4) is 0 Å². The van der Waals surface area contributed by atoms with Crippen molar-refractivity contribution in [3.05, 3.63) is 40.9 Å². The third-order valence-electron chi connectivity index (χ3n) is 4.50. The third-order valence-corrected chi connectivity index (χ3v) is 4.74. The van der Waals surface area contributed by atoms with Crippen molar-refractivity contribution >= 4 is 17.6 Å². The molecule has 0 unspecified atom stereocenters. The zero-order valence-corrected chi connectivity index (χ0v) is 15.6. The van der Waals surface area contributed by atoms with Gasteiger partial charge in [0, 0.05) is 43.2 Å². The van der Waals surface area contributed by atoms with E-state index in [1.165, 1.54) is 18.5 Å². The molecule has 1 aromatic heterocycles. The van der Waals surface area contributed by atoms with Crippen LogP contribution >= 0.6 is 11.6 Å². The molecule has 7 nitrogen and oxygen atoms in total. The summed E-state index contributed by atoms with van der Waals surface area (Å²) < 4.78 is 29.7. The Labute approximate surface area is 160 Å². The summed E-state index contributed by atoms with van der Waals surface area (Å²) in [4.78, 5) is 10.7. The van der Waals surface area contributed by atoms with Crippen molar-refractivity contribution in [3.63, 3.8) is 0 Å². The monoisotopic (exact) mass is 398 g/mol. The maximum Gasteiger partial charge on any atom is 0.387 e. The van der Waals surface area contributed by atoms with Gasteiger partial charge in [-0.05, 0) is 31.0 Å². The van der Waals surface area contributed by atoms with Crippen molar-refractivity contribution in [1.29, 1.82) is 0 Å². The Kier molecular flexibility index (Phi) is 6.44. The molecule has 3 rings (SSSR count). The van der Waals surface area contributed by atoms with Crippen molar-refractivity contribution in [2.75, 3.05) is 20.1 Å². The number of rotatable bonds is 5. The van der Waals surface area contributed by atoms with E-state index in [9.17, 15) is 8.78 Å². The van der Waals surface area contributed by atoms with Crippen LogP contribution in [0.5, 0.6) is 5.75 Å². The molecular formula is C17H21ClF2N6O. The number of aromatic amines is 1. The number of guanidine groups is 1. The maximum absolute atomic E-state index is 12.6. The molecule has 0 radical (unpaired) electrons. The second-order valence-corrected chi connectivity index (χ2v) is 6.60. The highest BCUT2D eigenvalue weighted by Crippen LogP contribution is 2.26. The first kappa shape index (κ1) is 19.3. The molecule has 0 saturated carbocycles. The fourth-order valence-corrected chi connectivity index (χ4v) is 3.37. The van der Waals surface area contributed by atoms with E-state index in [-0.39, 0.29) is 12.3 Å². The van der Waals surface area contributed by atoms with Gasteiger partial charge in [0.1, 0.15) is 17.9 Å². The van der Waals surface area contributed by atoms with E-state index in [4.69, 9.17) is 11.6 Å². The van der Waals surface area contributed by atoms with Crippen LogP contribution in [0.25, 0.3) is 0 Å². The molecule has 0 aliphatic carbocycles. The number of aliphatic imine (C=N–C) groups is 1. The number of nitrogens with one attached hydrogen (secondary N) is 2. The van der Waals surface area contributed by atoms with E-state index < -0.39 is 6.61 Å². The minimum absolute atomic E-state index is 0.0985. The number of ether oxygens (including phenoxy) is 1. The van der Waals surface area contributed by atoms with Crippen LogP contribution < -0.4 is 10.1 Å². The number of hydrogen-bond acceptors (Lipinski definition) is 4. The molecule has 1 aromatic carbocycles. The number of piperidine rings is 1. The molecule has 1 aliphatic rings. The van der Waals surface area contributed by atoms with Crippen LogP contribution in [-0.2, 0) is 6.54 Å². The number of benzene rings is 1. The molecule has 1 saturated heterocycles. The molecule has 27 heavy (non-hydrogen) atoms. The quantitative estimate of drug-likeness (QED) is 0.598. The molecule has 2 aromatic rings. The number of halogens is 3. The fraction of sp³-hybridized carbons (Fsp3) is 0.471. The second-order valence-electron chi connectivity index (χ2n) is 6.16. The minimum atomic E-state index is -2.89. The van der Waals surface area contributed by atoms with Gasteiger partial charge >= 0.3 is 6.61 Å². The summed E-state index contributed by atoms with van der Waals surface area (Å²) in [6, 6.07) is 4.57. The Hall–Kier alpha value is -2.42. The van der Waals surface area contributed by atoms with Crippen LogP contribution in [0.2, 0.25) is 5.02 Å². The summed E-state index contributed by atoms with van der Waals surface area (Å²) in [5, 5.41) is 10.5. The van der Waals surface area contributed by atoms with Crippen molar-refractivity contribution in [2.24, 2.45) is 4.99 Å². The second kappa shape index (κ2) is 8.98. The van der Waals surface area contributed by atoms with Gasteiger partial charge in [-0.3, -0.25) is 10.1 Å². The normalized spacial score (nSPS) is 16.0. The third kappa shape index (κ3) is 5.06. The fourth-order valence-electron chi connectivity index (χ4n) is 3.18. The molecule has 0 bridgehead atoms. The Morgan fingerprint density at radius 3 is 2.85 bits per heavy atom. The van der Waals surface area contributed by atoms with Gasteiger partial charge in [-0.1, -0.05) is 11.6 Å². The predicted molar refractivity (Wildman–Crippen MR) is 98.2 cm³/mol. The number of alkyl halides is 2. The highest BCUT2D eigenvalue weighted by atomic mass is 35.5. The molecule has 0 atom stereocenters. The molecule has 2 N–H and O–H groups in total. The maximum atomic E-state index is 12.6. The summed E-state index contributed by atoms with van der Waals surface area (Å²) >= 11 is 5.99. The van der Waals surface area contributed by atoms with Gasteiger partial charge < -0.3 is 15.0 Å². The molecule has 1 fully saturated rings. The highest BCUT2D eigenvalue weighted by molar-refractivity contribution is 6.30. The van der Waals surface area contributed by atoms with Gasteiger partial charge in [0.25, 0.3) is 0 Å². The molecule has 0 spiro atoms. The largest absolute Gasteiger partial charge is 0.434 e. The van der Waals surface area contributed by atoms with Crippen molar-refractivity contribution < 1.29 is 13.5 Å². The van der Waals surface area contributed by atoms with Gasteiger partial charge in [-0.15, -0.1) is 0 Å². The Bertz CT molecular complexity index is 763. The lowest BCUT2D eigenvalue weighted by molar-refractivity contribution is -0.0504. The average molecular weight is 399 g/mol. The van der Waals surface area contributed by atoms with Gasteiger partial charge in [0.2, 0.25) is 0 Å². The van der Waals surface area contributed by atoms with Gasteiger partial charge in [-0.2, -0.15) is 13.9 Å². The van der Waals surface area contributed by atoms with E-state index in [1.54, 1.807) is 13.1 Å². The molecular weight excluding hydrogens is 378 g/mol. The lowest BCUT2D eigenvalue weighted by Crippen LogP contribution is -2.45. The van der Waals surface area contributed by atoms with E-state index in [0.717, 1.165) is 31.8 Å². The van der Waals surface area contributed by atoms with Crippen LogP contribution in [0.15, 0.2) is 29.5 Å². The molecule has 1 aliphatic heterocycles. The summed E-state index contributed by atoms with van der Waals surface area (Å²) in [6.45, 7) is -1.00. The van der Waals surface area contributed by atoms with E-state index in [1.807, 2.05) is 0 Å². The molecule has 146 valence electrons. The minimum Gasteiger partial charge on any atom is -0.434 e. The van der Waals surface area contributed by atoms with Crippen molar-refractivity contribution in [1.82, 2.24) is 25.4 Å². The van der Waals surface area contributed by atoms with E-state index >= 15 is 0 Å². The van der Waals surface area contributed by atoms with E-state index in [0.29, 0.717) is 22.5 Å². The zero-order chi connectivity index (χ0) is 19.2. The number of H-pyrrole nitrogens is 1. The van der Waals surface area contributed by atoms with Crippen molar-refractivity contribution in [3.8, 4) is 5.75 Å². The SMILES string of the molecule is CN=C(NCc1cc(Cl)ccc1OC(F)F)N1CCC(c2ncn[nH]2)CC1. The lowest BCUT2D eigenvalue weighted by Gasteiger charge is -2.33.